The van der Waals surface area contributed by atoms with Crippen molar-refractivity contribution in [1.82, 2.24) is 10.2 Å². The van der Waals surface area contributed by atoms with Gasteiger partial charge in [-0.15, -0.1) is 0 Å². The van der Waals surface area contributed by atoms with Crippen LogP contribution >= 0.6 is 0 Å². The minimum absolute atomic E-state index is 0.0351. The fourth-order valence-corrected chi connectivity index (χ4v) is 2.04. The molecule has 1 N–H and O–H groups in total. The average Bonchev–Trinajstić information content (AvgIpc) is 2.91. The quantitative estimate of drug-likeness (QED) is 0.728. The summed E-state index contributed by atoms with van der Waals surface area (Å²) in [5.41, 5.74) is -0.744. The summed E-state index contributed by atoms with van der Waals surface area (Å²) in [5, 5.41) is 2.79. The van der Waals surface area contributed by atoms with E-state index in [1.165, 1.54) is 0 Å². The van der Waals surface area contributed by atoms with E-state index < -0.39 is 5.54 Å². The van der Waals surface area contributed by atoms with Crippen molar-refractivity contribution >= 4 is 11.8 Å². The molecule has 4 heteroatoms. The third kappa shape index (κ3) is 1.52. The second-order valence-electron chi connectivity index (χ2n) is 5.12. The SMILES string of the molecule is CCC1(C)NC(=O)CN(C2(C)CC2)C1=O. The van der Waals surface area contributed by atoms with Crippen molar-refractivity contribution in [3.05, 3.63) is 0 Å². The summed E-state index contributed by atoms with van der Waals surface area (Å²) >= 11 is 0. The van der Waals surface area contributed by atoms with Crippen LogP contribution in [0.15, 0.2) is 0 Å². The van der Waals surface area contributed by atoms with Crippen LogP contribution in [-0.2, 0) is 9.59 Å². The van der Waals surface area contributed by atoms with E-state index in [9.17, 15) is 9.59 Å². The van der Waals surface area contributed by atoms with Gasteiger partial charge in [0.15, 0.2) is 0 Å². The standard InChI is InChI=1S/C11H18N2O2/c1-4-11(3)9(15)13(7-8(14)12-11)10(2)5-6-10/h4-7H2,1-3H3,(H,12,14). The maximum absolute atomic E-state index is 12.2. The molecule has 84 valence electrons. The number of piperazine rings is 1. The molecule has 1 unspecified atom stereocenters. The van der Waals surface area contributed by atoms with Crippen LogP contribution in [0.1, 0.15) is 40.0 Å². The van der Waals surface area contributed by atoms with Crippen LogP contribution in [0, 0.1) is 0 Å². The van der Waals surface area contributed by atoms with Gasteiger partial charge in [0, 0.05) is 5.54 Å². The predicted molar refractivity (Wildman–Crippen MR) is 56.2 cm³/mol. The summed E-state index contributed by atoms with van der Waals surface area (Å²) in [4.78, 5) is 25.5. The zero-order valence-corrected chi connectivity index (χ0v) is 9.59. The smallest absolute Gasteiger partial charge is 0.248 e. The first kappa shape index (κ1) is 10.5. The van der Waals surface area contributed by atoms with Gasteiger partial charge in [-0.25, -0.2) is 0 Å². The van der Waals surface area contributed by atoms with Crippen LogP contribution in [0.5, 0.6) is 0 Å². The van der Waals surface area contributed by atoms with Crippen molar-refractivity contribution in [2.24, 2.45) is 0 Å². The molecular formula is C11H18N2O2. The number of nitrogens with one attached hydrogen (secondary N) is 1. The Morgan fingerprint density at radius 2 is 1.93 bits per heavy atom. The molecule has 2 amide bonds. The summed E-state index contributed by atoms with van der Waals surface area (Å²) in [6.45, 7) is 6.02. The predicted octanol–water partition coefficient (Wildman–Crippen LogP) is 0.666. The van der Waals surface area contributed by atoms with E-state index in [0.29, 0.717) is 6.42 Å². The first-order valence-corrected chi connectivity index (χ1v) is 5.54. The lowest BCUT2D eigenvalue weighted by Gasteiger charge is -2.42. The Kier molecular flexibility index (Phi) is 2.07. The topological polar surface area (TPSA) is 49.4 Å². The summed E-state index contributed by atoms with van der Waals surface area (Å²) in [6.07, 6.45) is 2.68. The fourth-order valence-electron chi connectivity index (χ4n) is 2.04. The van der Waals surface area contributed by atoms with Crippen molar-refractivity contribution in [3.8, 4) is 0 Å². The third-order valence-electron chi connectivity index (χ3n) is 3.77. The fraction of sp³-hybridized carbons (Fsp3) is 0.818. The average molecular weight is 210 g/mol. The number of carbonyl (C=O) groups excluding carboxylic acids is 2. The molecule has 0 aromatic carbocycles. The Labute approximate surface area is 90.0 Å². The van der Waals surface area contributed by atoms with Crippen LogP contribution in [0.4, 0.5) is 0 Å². The number of hydrogen-bond donors (Lipinski definition) is 1. The largest absolute Gasteiger partial charge is 0.340 e. The van der Waals surface area contributed by atoms with Crippen molar-refractivity contribution in [3.63, 3.8) is 0 Å². The van der Waals surface area contributed by atoms with Gasteiger partial charge < -0.3 is 10.2 Å². The zero-order valence-electron chi connectivity index (χ0n) is 9.59. The lowest BCUT2D eigenvalue weighted by Crippen LogP contribution is -2.67. The van der Waals surface area contributed by atoms with Crippen molar-refractivity contribution < 1.29 is 9.59 Å². The first-order chi connectivity index (χ1) is 6.91. The molecule has 4 nitrogen and oxygen atoms in total. The highest BCUT2D eigenvalue weighted by Crippen LogP contribution is 2.43. The van der Waals surface area contributed by atoms with E-state index in [0.717, 1.165) is 12.8 Å². The molecule has 0 aromatic heterocycles. The summed E-state index contributed by atoms with van der Waals surface area (Å²) in [6, 6.07) is 0. The van der Waals surface area contributed by atoms with Gasteiger partial charge in [0.05, 0.1) is 0 Å². The molecule has 1 aliphatic carbocycles. The summed E-state index contributed by atoms with van der Waals surface area (Å²) < 4.78 is 0. The number of nitrogens with zero attached hydrogens (tertiary/aromatic N) is 1. The maximum Gasteiger partial charge on any atom is 0.248 e. The van der Waals surface area contributed by atoms with Crippen LogP contribution in [0.2, 0.25) is 0 Å². The van der Waals surface area contributed by atoms with E-state index in [4.69, 9.17) is 0 Å². The molecule has 0 aromatic rings. The van der Waals surface area contributed by atoms with Gasteiger partial charge in [-0.3, -0.25) is 9.59 Å². The minimum Gasteiger partial charge on any atom is -0.340 e. The lowest BCUT2D eigenvalue weighted by atomic mass is 9.93. The lowest BCUT2D eigenvalue weighted by molar-refractivity contribution is -0.152. The highest BCUT2D eigenvalue weighted by molar-refractivity contribution is 5.98. The molecule has 0 spiro atoms. The monoisotopic (exact) mass is 210 g/mol. The Morgan fingerprint density at radius 3 is 2.40 bits per heavy atom. The van der Waals surface area contributed by atoms with Gasteiger partial charge in [-0.2, -0.15) is 0 Å². The van der Waals surface area contributed by atoms with E-state index in [1.807, 2.05) is 13.8 Å². The van der Waals surface area contributed by atoms with E-state index >= 15 is 0 Å². The molecule has 1 atom stereocenters. The highest BCUT2D eigenvalue weighted by Gasteiger charge is 2.52. The van der Waals surface area contributed by atoms with Crippen molar-refractivity contribution in [1.29, 1.82) is 0 Å². The normalized spacial score (nSPS) is 33.9. The van der Waals surface area contributed by atoms with Gasteiger partial charge >= 0.3 is 0 Å². The van der Waals surface area contributed by atoms with Crippen molar-refractivity contribution in [2.45, 2.75) is 51.1 Å². The van der Waals surface area contributed by atoms with Gasteiger partial charge in [0.25, 0.3) is 0 Å². The van der Waals surface area contributed by atoms with Crippen LogP contribution in [0.3, 0.4) is 0 Å². The van der Waals surface area contributed by atoms with E-state index in [1.54, 1.807) is 4.90 Å². The maximum atomic E-state index is 12.2. The molecule has 0 radical (unpaired) electrons. The summed E-state index contributed by atoms with van der Waals surface area (Å²) in [7, 11) is 0. The van der Waals surface area contributed by atoms with Crippen LogP contribution < -0.4 is 5.32 Å². The van der Waals surface area contributed by atoms with Gasteiger partial charge in [-0.1, -0.05) is 6.92 Å². The molecule has 2 fully saturated rings. The summed E-state index contributed by atoms with van der Waals surface area (Å²) in [5.74, 6) is 0.0386. The molecule has 2 rings (SSSR count). The molecular weight excluding hydrogens is 192 g/mol. The second-order valence-corrected chi connectivity index (χ2v) is 5.12. The second kappa shape index (κ2) is 2.97. The minimum atomic E-state index is -0.694. The Bertz CT molecular complexity index is 323. The van der Waals surface area contributed by atoms with Crippen LogP contribution in [-0.4, -0.2) is 34.3 Å². The van der Waals surface area contributed by atoms with Crippen LogP contribution in [0.25, 0.3) is 0 Å². The van der Waals surface area contributed by atoms with Gasteiger partial charge in [0.2, 0.25) is 11.8 Å². The first-order valence-electron chi connectivity index (χ1n) is 5.54. The molecule has 15 heavy (non-hydrogen) atoms. The number of amides is 2. The Hall–Kier alpha value is -1.06. The molecule has 1 heterocycles. The number of hydrogen-bond acceptors (Lipinski definition) is 2. The molecule has 1 aliphatic heterocycles. The highest BCUT2D eigenvalue weighted by atomic mass is 16.2. The molecule has 0 bridgehead atoms. The number of rotatable bonds is 2. The molecule has 1 saturated heterocycles. The third-order valence-corrected chi connectivity index (χ3v) is 3.77. The van der Waals surface area contributed by atoms with E-state index in [2.05, 4.69) is 12.2 Å². The van der Waals surface area contributed by atoms with Gasteiger partial charge in [0.1, 0.15) is 12.1 Å². The van der Waals surface area contributed by atoms with Gasteiger partial charge in [-0.05, 0) is 33.1 Å². The van der Waals surface area contributed by atoms with E-state index in [-0.39, 0.29) is 23.9 Å². The molecule has 2 aliphatic rings. The molecule has 1 saturated carbocycles. The number of carbonyl (C=O) groups is 2. The Morgan fingerprint density at radius 1 is 1.33 bits per heavy atom. The van der Waals surface area contributed by atoms with Crippen molar-refractivity contribution in [2.75, 3.05) is 6.54 Å². The Balaban J connectivity index is 2.26. The zero-order chi connectivity index (χ0) is 11.3.